The summed E-state index contributed by atoms with van der Waals surface area (Å²) >= 11 is 7.49. The Morgan fingerprint density at radius 3 is 2.81 bits per heavy atom. The zero-order chi connectivity index (χ0) is 19.4. The van der Waals surface area contributed by atoms with Crippen LogP contribution < -0.4 is 4.90 Å². The fourth-order valence-electron chi connectivity index (χ4n) is 2.63. The Morgan fingerprint density at radius 1 is 1.37 bits per heavy atom. The third kappa shape index (κ3) is 4.53. The molecule has 3 aromatic rings. The molecule has 1 unspecified atom stereocenters. The second-order valence-electron chi connectivity index (χ2n) is 5.87. The van der Waals surface area contributed by atoms with Crippen molar-refractivity contribution in [1.82, 2.24) is 9.97 Å². The van der Waals surface area contributed by atoms with Gasteiger partial charge in [0.15, 0.2) is 11.5 Å². The van der Waals surface area contributed by atoms with Gasteiger partial charge < -0.3 is 9.52 Å². The number of oxazole rings is 1. The predicted octanol–water partition coefficient (Wildman–Crippen LogP) is 3.75. The van der Waals surface area contributed by atoms with E-state index >= 15 is 0 Å². The first-order chi connectivity index (χ1) is 13.0. The Balaban J connectivity index is 1.80. The van der Waals surface area contributed by atoms with Gasteiger partial charge in [0.2, 0.25) is 5.91 Å². The molecule has 0 saturated heterocycles. The second kappa shape index (κ2) is 8.32. The van der Waals surface area contributed by atoms with Crippen LogP contribution >= 0.6 is 22.9 Å². The molecule has 2 aromatic heterocycles. The van der Waals surface area contributed by atoms with Gasteiger partial charge in [0.25, 0.3) is 0 Å². The van der Waals surface area contributed by atoms with Crippen LogP contribution in [-0.2, 0) is 16.0 Å². The highest BCUT2D eigenvalue weighted by Gasteiger charge is 2.28. The quantitative estimate of drug-likeness (QED) is 0.643. The molecule has 0 spiro atoms. The van der Waals surface area contributed by atoms with Crippen molar-refractivity contribution in [2.75, 3.05) is 11.9 Å². The van der Waals surface area contributed by atoms with Crippen LogP contribution in [0.25, 0.3) is 11.3 Å². The van der Waals surface area contributed by atoms with E-state index in [1.807, 2.05) is 23.6 Å². The summed E-state index contributed by atoms with van der Waals surface area (Å²) in [5.74, 6) is -2.17. The molecular formula is C18H16ClN3O4S. The van der Waals surface area contributed by atoms with Crippen molar-refractivity contribution < 1.29 is 19.1 Å². The zero-order valence-corrected chi connectivity index (χ0v) is 15.9. The second-order valence-corrected chi connectivity index (χ2v) is 7.11. The number of thiazole rings is 1. The van der Waals surface area contributed by atoms with Gasteiger partial charge in [0, 0.05) is 29.4 Å². The van der Waals surface area contributed by atoms with Crippen LogP contribution in [0.5, 0.6) is 0 Å². The number of amides is 1. The summed E-state index contributed by atoms with van der Waals surface area (Å²) in [5.41, 5.74) is 1.96. The normalized spacial score (nSPS) is 11.9. The van der Waals surface area contributed by atoms with Gasteiger partial charge in [-0.1, -0.05) is 29.8 Å². The van der Waals surface area contributed by atoms with Crippen LogP contribution in [0.15, 0.2) is 46.7 Å². The van der Waals surface area contributed by atoms with Crippen LogP contribution in [0.1, 0.15) is 12.1 Å². The molecule has 0 aliphatic carbocycles. The SMILES string of the molecule is CN(C(=O)C(CC(=O)O)Cc1cocn1)c1nc(-c2ccccc2Cl)cs1. The lowest BCUT2D eigenvalue weighted by Crippen LogP contribution is -2.35. The number of anilines is 1. The van der Waals surface area contributed by atoms with Crippen LogP contribution in [0.2, 0.25) is 5.02 Å². The molecule has 1 amide bonds. The molecule has 0 aliphatic heterocycles. The fraction of sp³-hybridized carbons (Fsp3) is 0.222. The Kier molecular flexibility index (Phi) is 5.88. The first-order valence-electron chi connectivity index (χ1n) is 8.02. The largest absolute Gasteiger partial charge is 0.481 e. The van der Waals surface area contributed by atoms with Gasteiger partial charge in [-0.05, 0) is 6.07 Å². The van der Waals surface area contributed by atoms with Crippen molar-refractivity contribution in [2.24, 2.45) is 5.92 Å². The molecule has 0 saturated carbocycles. The minimum absolute atomic E-state index is 0.175. The van der Waals surface area contributed by atoms with Gasteiger partial charge in [-0.2, -0.15) is 0 Å². The highest BCUT2D eigenvalue weighted by atomic mass is 35.5. The van der Waals surface area contributed by atoms with Crippen molar-refractivity contribution in [3.05, 3.63) is 53.0 Å². The number of carbonyl (C=O) groups excluding carboxylic acids is 1. The van der Waals surface area contributed by atoms with Crippen LogP contribution in [0, 0.1) is 5.92 Å². The number of aliphatic carboxylic acids is 1. The molecule has 0 aliphatic rings. The van der Waals surface area contributed by atoms with Gasteiger partial charge in [-0.3, -0.25) is 14.5 Å². The van der Waals surface area contributed by atoms with Crippen molar-refractivity contribution in [3.8, 4) is 11.3 Å². The van der Waals surface area contributed by atoms with Gasteiger partial charge >= 0.3 is 5.97 Å². The minimum atomic E-state index is -1.05. The smallest absolute Gasteiger partial charge is 0.304 e. The molecule has 9 heteroatoms. The first kappa shape index (κ1) is 19.1. The summed E-state index contributed by atoms with van der Waals surface area (Å²) < 4.78 is 4.90. The summed E-state index contributed by atoms with van der Waals surface area (Å²) in [6.45, 7) is 0. The van der Waals surface area contributed by atoms with E-state index in [9.17, 15) is 9.59 Å². The predicted molar refractivity (Wildman–Crippen MR) is 102 cm³/mol. The summed E-state index contributed by atoms with van der Waals surface area (Å²) in [7, 11) is 1.58. The molecule has 1 atom stereocenters. The van der Waals surface area contributed by atoms with Gasteiger partial charge in [0.05, 0.1) is 23.7 Å². The van der Waals surface area contributed by atoms with E-state index in [4.69, 9.17) is 21.1 Å². The number of hydrogen-bond donors (Lipinski definition) is 1. The summed E-state index contributed by atoms with van der Waals surface area (Å²) in [6, 6.07) is 7.30. The maximum absolute atomic E-state index is 12.9. The molecule has 1 aromatic carbocycles. The summed E-state index contributed by atoms with van der Waals surface area (Å²) in [5, 5.41) is 12.0. The van der Waals surface area contributed by atoms with Crippen molar-refractivity contribution >= 4 is 39.9 Å². The number of hydrogen-bond acceptors (Lipinski definition) is 6. The van der Waals surface area contributed by atoms with Gasteiger partial charge in [-0.25, -0.2) is 9.97 Å². The molecule has 7 nitrogen and oxygen atoms in total. The van der Waals surface area contributed by atoms with E-state index in [0.29, 0.717) is 21.5 Å². The van der Waals surface area contributed by atoms with E-state index in [2.05, 4.69) is 9.97 Å². The van der Waals surface area contributed by atoms with E-state index in [0.717, 1.165) is 5.56 Å². The molecule has 140 valence electrons. The third-order valence-corrected chi connectivity index (χ3v) is 5.22. The maximum Gasteiger partial charge on any atom is 0.304 e. The summed E-state index contributed by atoms with van der Waals surface area (Å²) in [4.78, 5) is 33.9. The molecule has 1 N–H and O–H groups in total. The number of rotatable bonds is 7. The van der Waals surface area contributed by atoms with E-state index in [1.54, 1.807) is 13.1 Å². The van der Waals surface area contributed by atoms with Crippen LogP contribution in [0.4, 0.5) is 5.13 Å². The average Bonchev–Trinajstić information content (AvgIpc) is 3.32. The Labute approximate surface area is 164 Å². The molecule has 2 heterocycles. The monoisotopic (exact) mass is 405 g/mol. The number of halogens is 1. The highest BCUT2D eigenvalue weighted by Crippen LogP contribution is 2.32. The Hall–Kier alpha value is -2.71. The summed E-state index contributed by atoms with van der Waals surface area (Å²) in [6.07, 6.45) is 2.52. The van der Waals surface area contributed by atoms with E-state index < -0.39 is 11.9 Å². The Morgan fingerprint density at radius 2 is 2.15 bits per heavy atom. The molecule has 0 radical (unpaired) electrons. The molecule has 0 fully saturated rings. The molecule has 0 bridgehead atoms. The minimum Gasteiger partial charge on any atom is -0.481 e. The maximum atomic E-state index is 12.9. The standard InChI is InChI=1S/C18H16ClN3O4S/c1-22(17(25)11(7-16(23)24)6-12-8-26-10-20-12)18-21-15(9-27-18)13-4-2-3-5-14(13)19/h2-5,8-11H,6-7H2,1H3,(H,23,24). The van der Waals surface area contributed by atoms with Crippen LogP contribution in [-0.4, -0.2) is 34.0 Å². The molecule has 27 heavy (non-hydrogen) atoms. The van der Waals surface area contributed by atoms with Gasteiger partial charge in [-0.15, -0.1) is 11.3 Å². The number of carbonyl (C=O) groups is 2. The van der Waals surface area contributed by atoms with Crippen LogP contribution in [0.3, 0.4) is 0 Å². The number of benzene rings is 1. The van der Waals surface area contributed by atoms with Crippen molar-refractivity contribution in [2.45, 2.75) is 12.8 Å². The molecule has 3 rings (SSSR count). The fourth-order valence-corrected chi connectivity index (χ4v) is 3.66. The zero-order valence-electron chi connectivity index (χ0n) is 14.3. The number of carboxylic acid groups (broad SMARTS) is 1. The number of carboxylic acids is 1. The topological polar surface area (TPSA) is 96.5 Å². The van der Waals surface area contributed by atoms with E-state index in [-0.39, 0.29) is 18.7 Å². The Bertz CT molecular complexity index is 942. The average molecular weight is 406 g/mol. The number of nitrogens with zero attached hydrogens (tertiary/aromatic N) is 3. The molecular weight excluding hydrogens is 390 g/mol. The number of aromatic nitrogens is 2. The first-order valence-corrected chi connectivity index (χ1v) is 9.28. The van der Waals surface area contributed by atoms with E-state index in [1.165, 1.54) is 28.9 Å². The third-order valence-electron chi connectivity index (χ3n) is 3.97. The van der Waals surface area contributed by atoms with Gasteiger partial charge in [0.1, 0.15) is 6.26 Å². The van der Waals surface area contributed by atoms with Crippen molar-refractivity contribution in [3.63, 3.8) is 0 Å². The lowest BCUT2D eigenvalue weighted by Gasteiger charge is -2.20. The highest BCUT2D eigenvalue weighted by molar-refractivity contribution is 7.14. The lowest BCUT2D eigenvalue weighted by atomic mass is 9.98. The lowest BCUT2D eigenvalue weighted by molar-refractivity contribution is -0.140. The van der Waals surface area contributed by atoms with Crippen molar-refractivity contribution in [1.29, 1.82) is 0 Å².